The van der Waals surface area contributed by atoms with Crippen LogP contribution in [-0.4, -0.2) is 61.0 Å². The molecule has 2 aromatic rings. The first-order valence-electron chi connectivity index (χ1n) is 10.7. The number of aryl methyl sites for hydroxylation is 1. The molecule has 1 N–H and O–H groups in total. The number of anilines is 1. The normalized spacial score (nSPS) is 26.8. The maximum Gasteiger partial charge on any atom is 0.263 e. The third-order valence-corrected chi connectivity index (χ3v) is 6.62. The number of aromatic nitrogens is 1. The molecule has 1 aromatic carbocycles. The van der Waals surface area contributed by atoms with Crippen LogP contribution in [0.4, 0.5) is 14.5 Å². The van der Waals surface area contributed by atoms with Crippen LogP contribution < -0.4 is 10.2 Å². The lowest BCUT2D eigenvalue weighted by Gasteiger charge is -2.36. The van der Waals surface area contributed by atoms with E-state index in [1.807, 2.05) is 13.0 Å². The lowest BCUT2D eigenvalue weighted by Crippen LogP contribution is -2.49. The highest BCUT2D eigenvalue weighted by Crippen LogP contribution is 2.35. The second-order valence-electron chi connectivity index (χ2n) is 9.05. The summed E-state index contributed by atoms with van der Waals surface area (Å²) >= 11 is 0. The number of piperidine rings is 1. The van der Waals surface area contributed by atoms with Gasteiger partial charge in [0.15, 0.2) is 0 Å². The molecule has 0 aliphatic carbocycles. The molecule has 5 nitrogen and oxygen atoms in total. The summed E-state index contributed by atoms with van der Waals surface area (Å²) in [5, 5.41) is 4.14. The highest BCUT2D eigenvalue weighted by Gasteiger charge is 2.44. The average Bonchev–Trinajstić information content (AvgIpc) is 3.04. The minimum absolute atomic E-state index is 0.0505. The molecular formula is C23H30F2N4O. The molecule has 2 aliphatic rings. The number of fused-ring (bicyclic) bond motifs is 1. The van der Waals surface area contributed by atoms with Gasteiger partial charge in [-0.3, -0.25) is 9.78 Å². The Bertz CT molecular complexity index is 935. The van der Waals surface area contributed by atoms with Crippen molar-refractivity contribution >= 4 is 22.5 Å². The van der Waals surface area contributed by atoms with Crippen molar-refractivity contribution in [2.45, 2.75) is 38.7 Å². The molecule has 0 radical (unpaired) electrons. The van der Waals surface area contributed by atoms with Gasteiger partial charge in [0.1, 0.15) is 0 Å². The molecule has 7 heteroatoms. The fourth-order valence-corrected chi connectivity index (χ4v) is 4.82. The zero-order valence-electron chi connectivity index (χ0n) is 17.9. The van der Waals surface area contributed by atoms with Gasteiger partial charge >= 0.3 is 0 Å². The Morgan fingerprint density at radius 3 is 2.87 bits per heavy atom. The van der Waals surface area contributed by atoms with Crippen molar-refractivity contribution in [2.75, 3.05) is 38.1 Å². The molecular weight excluding hydrogens is 386 g/mol. The Balaban J connectivity index is 1.43. The number of alkyl halides is 2. The van der Waals surface area contributed by atoms with Gasteiger partial charge in [-0.05, 0) is 56.6 Å². The van der Waals surface area contributed by atoms with E-state index in [1.54, 1.807) is 18.1 Å². The number of benzene rings is 1. The molecule has 1 aromatic heterocycles. The first-order chi connectivity index (χ1) is 14.2. The Morgan fingerprint density at radius 2 is 2.10 bits per heavy atom. The molecule has 3 atom stereocenters. The van der Waals surface area contributed by atoms with Crippen LogP contribution in [0, 0.1) is 18.8 Å². The van der Waals surface area contributed by atoms with Crippen molar-refractivity contribution in [3.63, 3.8) is 0 Å². The largest absolute Gasteiger partial charge is 0.369 e. The van der Waals surface area contributed by atoms with Crippen LogP contribution >= 0.6 is 0 Å². The number of amides is 1. The number of halogens is 2. The maximum absolute atomic E-state index is 14.3. The Kier molecular flexibility index (Phi) is 5.66. The van der Waals surface area contributed by atoms with Crippen LogP contribution in [-0.2, 0) is 4.79 Å². The molecule has 0 saturated carbocycles. The van der Waals surface area contributed by atoms with Gasteiger partial charge in [0.25, 0.3) is 5.92 Å². The van der Waals surface area contributed by atoms with Crippen LogP contribution in [0.25, 0.3) is 10.9 Å². The summed E-state index contributed by atoms with van der Waals surface area (Å²) in [6, 6.07) is 8.14. The van der Waals surface area contributed by atoms with Gasteiger partial charge in [0.05, 0.1) is 18.1 Å². The standard InChI is InChI=1S/C23H30F2N4O/c1-15-6-7-20(18-5-4-9-26-22(15)18)29-12-16(2)19(13-29)27-21(30)11-17-8-10-28(3)14-23(17,24)25/h4-7,9,16-17,19H,8,10-14H2,1-3H3,(H,27,30)/t16-,17?,19+/m1/s1. The molecule has 0 spiro atoms. The van der Waals surface area contributed by atoms with Gasteiger partial charge in [-0.25, -0.2) is 8.78 Å². The van der Waals surface area contributed by atoms with Crippen LogP contribution in [0.1, 0.15) is 25.3 Å². The third kappa shape index (κ3) is 4.13. The summed E-state index contributed by atoms with van der Waals surface area (Å²) < 4.78 is 28.6. The summed E-state index contributed by atoms with van der Waals surface area (Å²) in [7, 11) is 1.70. The zero-order valence-corrected chi connectivity index (χ0v) is 17.9. The van der Waals surface area contributed by atoms with E-state index in [0.717, 1.165) is 28.7 Å². The first-order valence-corrected chi connectivity index (χ1v) is 10.7. The molecule has 1 amide bonds. The van der Waals surface area contributed by atoms with E-state index in [-0.39, 0.29) is 30.8 Å². The van der Waals surface area contributed by atoms with Crippen molar-refractivity contribution in [3.8, 4) is 0 Å². The molecule has 30 heavy (non-hydrogen) atoms. The molecule has 1 unspecified atom stereocenters. The third-order valence-electron chi connectivity index (χ3n) is 6.62. The van der Waals surface area contributed by atoms with Gasteiger partial charge in [0.2, 0.25) is 5.91 Å². The molecule has 2 fully saturated rings. The van der Waals surface area contributed by atoms with E-state index >= 15 is 0 Å². The van der Waals surface area contributed by atoms with Gasteiger partial charge in [-0.15, -0.1) is 0 Å². The maximum atomic E-state index is 14.3. The van der Waals surface area contributed by atoms with Crippen LogP contribution in [0.2, 0.25) is 0 Å². The van der Waals surface area contributed by atoms with Gasteiger partial charge in [0, 0.05) is 42.7 Å². The average molecular weight is 417 g/mol. The number of nitrogens with zero attached hydrogens (tertiary/aromatic N) is 3. The highest BCUT2D eigenvalue weighted by molar-refractivity contribution is 5.94. The number of carbonyl (C=O) groups excluding carboxylic acids is 1. The number of likely N-dealkylation sites (tertiary alicyclic amines) is 1. The zero-order chi connectivity index (χ0) is 21.5. The summed E-state index contributed by atoms with van der Waals surface area (Å²) in [6.07, 6.45) is 2.04. The number of rotatable bonds is 4. The van der Waals surface area contributed by atoms with Crippen molar-refractivity contribution in [3.05, 3.63) is 36.0 Å². The number of hydrogen-bond acceptors (Lipinski definition) is 4. The van der Waals surface area contributed by atoms with E-state index in [4.69, 9.17) is 0 Å². The van der Waals surface area contributed by atoms with Crippen LogP contribution in [0.5, 0.6) is 0 Å². The van der Waals surface area contributed by atoms with Gasteiger partial charge in [-0.1, -0.05) is 13.0 Å². The Hall–Kier alpha value is -2.28. The Morgan fingerprint density at radius 1 is 1.30 bits per heavy atom. The number of pyridine rings is 1. The predicted octanol–water partition coefficient (Wildman–Crippen LogP) is 3.46. The lowest BCUT2D eigenvalue weighted by molar-refractivity contribution is -0.135. The van der Waals surface area contributed by atoms with Crippen molar-refractivity contribution in [1.82, 2.24) is 15.2 Å². The number of hydrogen-bond donors (Lipinski definition) is 1. The van der Waals surface area contributed by atoms with Gasteiger partial charge < -0.3 is 15.1 Å². The summed E-state index contributed by atoms with van der Waals surface area (Å²) in [4.78, 5) is 21.0. The second-order valence-corrected chi connectivity index (χ2v) is 9.05. The molecule has 2 saturated heterocycles. The minimum Gasteiger partial charge on any atom is -0.369 e. The van der Waals surface area contributed by atoms with Crippen molar-refractivity contribution < 1.29 is 13.6 Å². The van der Waals surface area contributed by atoms with E-state index in [9.17, 15) is 13.6 Å². The quantitative estimate of drug-likeness (QED) is 0.829. The second kappa shape index (κ2) is 8.10. The smallest absolute Gasteiger partial charge is 0.263 e. The SMILES string of the molecule is Cc1ccc(N2C[C@@H](C)[C@@H](NC(=O)CC3CCN(C)CC3(F)F)C2)c2cccnc12. The van der Waals surface area contributed by atoms with E-state index < -0.39 is 11.8 Å². The molecule has 4 rings (SSSR count). The van der Waals surface area contributed by atoms with E-state index in [1.165, 1.54) is 0 Å². The molecule has 0 bridgehead atoms. The Labute approximate surface area is 176 Å². The summed E-state index contributed by atoms with van der Waals surface area (Å²) in [5.41, 5.74) is 3.22. The van der Waals surface area contributed by atoms with Crippen molar-refractivity contribution in [2.24, 2.45) is 11.8 Å². The minimum atomic E-state index is -2.81. The number of carbonyl (C=O) groups is 1. The van der Waals surface area contributed by atoms with Crippen LogP contribution in [0.3, 0.4) is 0 Å². The van der Waals surface area contributed by atoms with Crippen molar-refractivity contribution in [1.29, 1.82) is 0 Å². The van der Waals surface area contributed by atoms with Gasteiger partial charge in [-0.2, -0.15) is 0 Å². The highest BCUT2D eigenvalue weighted by atomic mass is 19.3. The first kappa shape index (κ1) is 21.0. The van der Waals surface area contributed by atoms with E-state index in [0.29, 0.717) is 19.5 Å². The molecule has 2 aliphatic heterocycles. The molecule has 162 valence electrons. The number of nitrogens with one attached hydrogen (secondary N) is 1. The lowest BCUT2D eigenvalue weighted by atomic mass is 9.89. The van der Waals surface area contributed by atoms with E-state index in [2.05, 4.69) is 40.3 Å². The molecule has 3 heterocycles. The fourth-order valence-electron chi connectivity index (χ4n) is 4.82. The summed E-state index contributed by atoms with van der Waals surface area (Å²) in [6.45, 7) is 5.96. The monoisotopic (exact) mass is 416 g/mol. The topological polar surface area (TPSA) is 48.5 Å². The predicted molar refractivity (Wildman–Crippen MR) is 115 cm³/mol. The summed E-state index contributed by atoms with van der Waals surface area (Å²) in [5.74, 6) is -3.72. The van der Waals surface area contributed by atoms with Crippen LogP contribution in [0.15, 0.2) is 30.5 Å². The fraction of sp³-hybridized carbons (Fsp3) is 0.565.